The summed E-state index contributed by atoms with van der Waals surface area (Å²) < 4.78 is 41.7. The van der Waals surface area contributed by atoms with E-state index in [0.29, 0.717) is 17.7 Å². The molecule has 1 amide bonds. The van der Waals surface area contributed by atoms with E-state index in [-0.39, 0.29) is 17.3 Å². The van der Waals surface area contributed by atoms with E-state index in [1.807, 2.05) is 0 Å². The molecule has 1 N–H and O–H groups in total. The van der Waals surface area contributed by atoms with Gasteiger partial charge >= 0.3 is 6.18 Å². The summed E-state index contributed by atoms with van der Waals surface area (Å²) >= 11 is 0. The molecular weight excluding hydrogens is 431 g/mol. The molecule has 0 unspecified atom stereocenters. The highest BCUT2D eigenvalue weighted by Gasteiger charge is 2.36. The molecule has 0 aliphatic carbocycles. The van der Waals surface area contributed by atoms with Gasteiger partial charge in [-0.3, -0.25) is 9.78 Å². The summed E-state index contributed by atoms with van der Waals surface area (Å²) in [6.07, 6.45) is 2.87. The van der Waals surface area contributed by atoms with Gasteiger partial charge in [0.15, 0.2) is 0 Å². The van der Waals surface area contributed by atoms with Crippen molar-refractivity contribution < 1.29 is 18.0 Å². The number of halogens is 3. The van der Waals surface area contributed by atoms with Crippen LogP contribution < -0.4 is 5.32 Å². The van der Waals surface area contributed by atoms with E-state index in [1.54, 1.807) is 18.3 Å². The highest BCUT2D eigenvalue weighted by atomic mass is 19.4. The minimum atomic E-state index is -4.58. The third-order valence-electron chi connectivity index (χ3n) is 5.72. The lowest BCUT2D eigenvalue weighted by Gasteiger charge is -2.14. The summed E-state index contributed by atoms with van der Waals surface area (Å²) in [6, 6.07) is 10.3. The van der Waals surface area contributed by atoms with Crippen molar-refractivity contribution >= 4 is 5.91 Å². The number of benzene rings is 1. The number of pyridine rings is 1. The van der Waals surface area contributed by atoms with Crippen molar-refractivity contribution in [3.8, 4) is 16.9 Å². The van der Waals surface area contributed by atoms with Crippen LogP contribution in [0.2, 0.25) is 0 Å². The minimum absolute atomic E-state index is 0.172. The maximum Gasteiger partial charge on any atom is 0.433 e. The molecule has 1 aliphatic heterocycles. The van der Waals surface area contributed by atoms with Crippen molar-refractivity contribution in [2.45, 2.75) is 31.9 Å². The smallest absolute Gasteiger partial charge is 0.352 e. The summed E-state index contributed by atoms with van der Waals surface area (Å²) in [5.41, 5.74) is 0.385. The molecule has 0 radical (unpaired) electrons. The van der Waals surface area contributed by atoms with Gasteiger partial charge in [0.2, 0.25) is 0 Å². The predicted molar refractivity (Wildman–Crippen MR) is 119 cm³/mol. The minimum Gasteiger partial charge on any atom is -0.352 e. The number of nitrogens with one attached hydrogen (secondary N) is 1. The van der Waals surface area contributed by atoms with Crippen LogP contribution in [0.4, 0.5) is 13.2 Å². The van der Waals surface area contributed by atoms with Crippen LogP contribution in [0.3, 0.4) is 0 Å². The first kappa shape index (κ1) is 23.0. The van der Waals surface area contributed by atoms with Crippen LogP contribution >= 0.6 is 0 Å². The second-order valence-electron chi connectivity index (χ2n) is 8.12. The average molecular weight is 458 g/mol. The molecule has 0 saturated carbocycles. The number of alkyl halides is 3. The molecule has 3 aromatic rings. The van der Waals surface area contributed by atoms with Crippen molar-refractivity contribution in [1.82, 2.24) is 25.0 Å². The van der Waals surface area contributed by atoms with Crippen molar-refractivity contribution in [2.75, 3.05) is 26.2 Å². The van der Waals surface area contributed by atoms with E-state index in [9.17, 15) is 18.0 Å². The molecule has 1 saturated heterocycles. The molecular formula is C24H26F3N5O. The Labute approximate surface area is 190 Å². The van der Waals surface area contributed by atoms with Gasteiger partial charge in [-0.15, -0.1) is 0 Å². The van der Waals surface area contributed by atoms with Gasteiger partial charge in [0, 0.05) is 30.1 Å². The second kappa shape index (κ2) is 10.2. The normalized spacial score (nSPS) is 14.5. The van der Waals surface area contributed by atoms with E-state index in [4.69, 9.17) is 0 Å². The standard InChI is InChI=1S/C24H26F3N5O/c25-24(26,27)22-16-21(19-6-5-11-28-17-19)30-32(22)20-9-7-18(8-10-20)23(33)29-12-1-2-13-31-14-3-4-15-31/h5-11,16-17H,1-4,12-15H2,(H,29,33). The summed E-state index contributed by atoms with van der Waals surface area (Å²) in [4.78, 5) is 18.8. The lowest BCUT2D eigenvalue weighted by molar-refractivity contribution is -0.142. The third-order valence-corrected chi connectivity index (χ3v) is 5.72. The molecule has 33 heavy (non-hydrogen) atoms. The maximum atomic E-state index is 13.6. The number of nitrogens with zero attached hydrogens (tertiary/aromatic N) is 4. The average Bonchev–Trinajstić information content (AvgIpc) is 3.50. The number of amides is 1. The molecule has 1 fully saturated rings. The number of hydrogen-bond acceptors (Lipinski definition) is 4. The van der Waals surface area contributed by atoms with Crippen LogP contribution in [0.15, 0.2) is 54.9 Å². The van der Waals surface area contributed by atoms with Gasteiger partial charge in [0.25, 0.3) is 5.91 Å². The topological polar surface area (TPSA) is 63.1 Å². The van der Waals surface area contributed by atoms with Gasteiger partial charge in [0.1, 0.15) is 5.69 Å². The lowest BCUT2D eigenvalue weighted by atomic mass is 10.2. The molecule has 1 aliphatic rings. The Morgan fingerprint density at radius 2 is 1.82 bits per heavy atom. The first-order valence-electron chi connectivity index (χ1n) is 11.1. The van der Waals surface area contributed by atoms with Crippen LogP contribution in [0.25, 0.3) is 16.9 Å². The number of hydrogen-bond donors (Lipinski definition) is 1. The summed E-state index contributed by atoms with van der Waals surface area (Å²) in [5.74, 6) is -0.240. The van der Waals surface area contributed by atoms with Crippen LogP contribution in [0.5, 0.6) is 0 Å². The van der Waals surface area contributed by atoms with Gasteiger partial charge in [-0.1, -0.05) is 0 Å². The summed E-state index contributed by atoms with van der Waals surface area (Å²) in [7, 11) is 0. The molecule has 6 nitrogen and oxygen atoms in total. The Balaban J connectivity index is 1.41. The molecule has 0 spiro atoms. The van der Waals surface area contributed by atoms with Gasteiger partial charge < -0.3 is 10.2 Å². The van der Waals surface area contributed by atoms with Gasteiger partial charge in [-0.25, -0.2) is 4.68 Å². The highest BCUT2D eigenvalue weighted by Crippen LogP contribution is 2.34. The quantitative estimate of drug-likeness (QED) is 0.504. The Kier molecular flexibility index (Phi) is 7.08. The zero-order chi connectivity index (χ0) is 23.3. The number of carbonyl (C=O) groups is 1. The van der Waals surface area contributed by atoms with Crippen molar-refractivity contribution in [1.29, 1.82) is 0 Å². The zero-order valence-electron chi connectivity index (χ0n) is 18.2. The molecule has 9 heteroatoms. The number of likely N-dealkylation sites (tertiary alicyclic amines) is 1. The second-order valence-corrected chi connectivity index (χ2v) is 8.12. The monoisotopic (exact) mass is 457 g/mol. The van der Waals surface area contributed by atoms with Gasteiger partial charge in [-0.2, -0.15) is 18.3 Å². The lowest BCUT2D eigenvalue weighted by Crippen LogP contribution is -2.26. The SMILES string of the molecule is O=C(NCCCCN1CCCC1)c1ccc(-n2nc(-c3cccnc3)cc2C(F)(F)F)cc1. The molecule has 1 aromatic carbocycles. The van der Waals surface area contributed by atoms with Gasteiger partial charge in [0.05, 0.1) is 11.4 Å². The van der Waals surface area contributed by atoms with Gasteiger partial charge in [-0.05, 0) is 87.8 Å². The van der Waals surface area contributed by atoms with Crippen LogP contribution in [0, 0.1) is 0 Å². The van der Waals surface area contributed by atoms with Crippen molar-refractivity contribution in [3.05, 3.63) is 66.1 Å². The Hall–Kier alpha value is -3.20. The molecule has 0 atom stereocenters. The van der Waals surface area contributed by atoms with E-state index in [1.165, 1.54) is 43.3 Å². The largest absolute Gasteiger partial charge is 0.433 e. The first-order valence-corrected chi connectivity index (χ1v) is 11.1. The Morgan fingerprint density at radius 1 is 1.06 bits per heavy atom. The summed E-state index contributed by atoms with van der Waals surface area (Å²) in [6.45, 7) is 3.95. The Morgan fingerprint density at radius 3 is 2.48 bits per heavy atom. The van der Waals surface area contributed by atoms with E-state index in [2.05, 4.69) is 20.3 Å². The predicted octanol–water partition coefficient (Wildman–Crippen LogP) is 4.56. The van der Waals surface area contributed by atoms with Crippen molar-refractivity contribution in [2.24, 2.45) is 0 Å². The Bertz CT molecular complexity index is 1060. The van der Waals surface area contributed by atoms with E-state index < -0.39 is 11.9 Å². The first-order chi connectivity index (χ1) is 15.9. The fourth-order valence-corrected chi connectivity index (χ4v) is 3.96. The van der Waals surface area contributed by atoms with Crippen LogP contribution in [-0.4, -0.2) is 51.8 Å². The fourth-order valence-electron chi connectivity index (χ4n) is 3.96. The van der Waals surface area contributed by atoms with E-state index >= 15 is 0 Å². The summed E-state index contributed by atoms with van der Waals surface area (Å²) in [5, 5.41) is 7.02. The molecule has 4 rings (SSSR count). The maximum absolute atomic E-state index is 13.6. The molecule has 0 bridgehead atoms. The third kappa shape index (κ3) is 5.78. The number of carbonyl (C=O) groups excluding carboxylic acids is 1. The van der Waals surface area contributed by atoms with Crippen LogP contribution in [0.1, 0.15) is 41.7 Å². The number of unbranched alkanes of at least 4 members (excludes halogenated alkanes) is 1. The number of rotatable bonds is 8. The molecule has 2 aromatic heterocycles. The zero-order valence-corrected chi connectivity index (χ0v) is 18.2. The van der Waals surface area contributed by atoms with E-state index in [0.717, 1.165) is 43.2 Å². The highest BCUT2D eigenvalue weighted by molar-refractivity contribution is 5.94. The molecule has 3 heterocycles. The number of aromatic nitrogens is 3. The van der Waals surface area contributed by atoms with Crippen LogP contribution in [-0.2, 0) is 6.18 Å². The van der Waals surface area contributed by atoms with Crippen molar-refractivity contribution in [3.63, 3.8) is 0 Å². The molecule has 174 valence electrons. The fraction of sp³-hybridized carbons (Fsp3) is 0.375.